The zero-order valence-corrected chi connectivity index (χ0v) is 15.1. The molecule has 0 saturated heterocycles. The van der Waals surface area contributed by atoms with Gasteiger partial charge in [0.1, 0.15) is 22.9 Å². The van der Waals surface area contributed by atoms with Crippen LogP contribution in [0.15, 0.2) is 50.9 Å². The van der Waals surface area contributed by atoms with Crippen molar-refractivity contribution in [2.24, 2.45) is 4.99 Å². The number of aryl methyl sites for hydroxylation is 2. The van der Waals surface area contributed by atoms with E-state index >= 15 is 0 Å². The number of furan rings is 2. The third-order valence-corrected chi connectivity index (χ3v) is 3.82. The molecule has 1 unspecified atom stereocenters. The van der Waals surface area contributed by atoms with Crippen molar-refractivity contribution in [3.8, 4) is 0 Å². The van der Waals surface area contributed by atoms with Crippen LogP contribution in [0, 0.1) is 13.8 Å². The first-order chi connectivity index (χ1) is 11.9. The van der Waals surface area contributed by atoms with Crippen molar-refractivity contribution in [3.63, 3.8) is 0 Å². The third-order valence-electron chi connectivity index (χ3n) is 3.82. The molecule has 1 atom stereocenters. The van der Waals surface area contributed by atoms with Crippen LogP contribution in [-0.2, 0) is 12.0 Å². The standard InChI is InChI=1S/C19H27N3O3/c1-5-9-20-18(21-10-8-16-7-6-11-24-16)22-13-19(4,23)17-12-14(2)25-15(17)3/h5-7,11-12,23H,1,8-10,13H2,2-4H3,(H2,20,21,22). The van der Waals surface area contributed by atoms with Gasteiger partial charge < -0.3 is 24.6 Å². The molecule has 0 bridgehead atoms. The minimum Gasteiger partial charge on any atom is -0.469 e. The van der Waals surface area contributed by atoms with Gasteiger partial charge in [0.05, 0.1) is 12.8 Å². The van der Waals surface area contributed by atoms with E-state index in [0.29, 0.717) is 24.8 Å². The molecule has 0 aliphatic heterocycles. The van der Waals surface area contributed by atoms with E-state index in [0.717, 1.165) is 23.5 Å². The fourth-order valence-electron chi connectivity index (χ4n) is 2.59. The highest BCUT2D eigenvalue weighted by Crippen LogP contribution is 2.27. The predicted octanol–water partition coefficient (Wildman–Crippen LogP) is 2.66. The van der Waals surface area contributed by atoms with Gasteiger partial charge in [0.2, 0.25) is 0 Å². The number of aliphatic hydroxyl groups is 1. The maximum atomic E-state index is 10.8. The Morgan fingerprint density at radius 2 is 2.20 bits per heavy atom. The average molecular weight is 345 g/mol. The van der Waals surface area contributed by atoms with Crippen LogP contribution in [0.3, 0.4) is 0 Å². The molecular formula is C19H27N3O3. The average Bonchev–Trinajstić information content (AvgIpc) is 3.19. The minimum atomic E-state index is -1.11. The van der Waals surface area contributed by atoms with Gasteiger partial charge in [-0.2, -0.15) is 0 Å². The Kier molecular flexibility index (Phi) is 6.47. The molecule has 0 saturated carbocycles. The maximum absolute atomic E-state index is 10.8. The molecule has 0 aliphatic rings. The number of hydrogen-bond donors (Lipinski definition) is 3. The molecule has 0 radical (unpaired) electrons. The second kappa shape index (κ2) is 8.58. The van der Waals surface area contributed by atoms with E-state index in [1.807, 2.05) is 32.0 Å². The summed E-state index contributed by atoms with van der Waals surface area (Å²) in [6.45, 7) is 10.6. The first-order valence-electron chi connectivity index (χ1n) is 8.37. The largest absolute Gasteiger partial charge is 0.469 e. The summed E-state index contributed by atoms with van der Waals surface area (Å²) in [4.78, 5) is 4.50. The van der Waals surface area contributed by atoms with Gasteiger partial charge in [0.15, 0.2) is 5.96 Å². The first-order valence-corrected chi connectivity index (χ1v) is 8.37. The van der Waals surface area contributed by atoms with E-state index in [2.05, 4.69) is 22.2 Å². The second-order valence-electron chi connectivity index (χ2n) is 6.19. The van der Waals surface area contributed by atoms with Gasteiger partial charge in [-0.3, -0.25) is 0 Å². The van der Waals surface area contributed by atoms with E-state index in [4.69, 9.17) is 8.83 Å². The van der Waals surface area contributed by atoms with E-state index in [-0.39, 0.29) is 6.54 Å². The van der Waals surface area contributed by atoms with Crippen LogP contribution >= 0.6 is 0 Å². The summed E-state index contributed by atoms with van der Waals surface area (Å²) < 4.78 is 10.8. The highest BCUT2D eigenvalue weighted by atomic mass is 16.3. The topological polar surface area (TPSA) is 82.9 Å². The lowest BCUT2D eigenvalue weighted by atomic mass is 9.96. The molecule has 0 aromatic carbocycles. The fraction of sp³-hybridized carbons (Fsp3) is 0.421. The normalized spacial score (nSPS) is 14.2. The van der Waals surface area contributed by atoms with Gasteiger partial charge in [0, 0.05) is 25.1 Å². The Hall–Kier alpha value is -2.47. The molecule has 6 nitrogen and oxygen atoms in total. The number of hydrogen-bond acceptors (Lipinski definition) is 4. The number of guanidine groups is 1. The highest BCUT2D eigenvalue weighted by molar-refractivity contribution is 5.80. The van der Waals surface area contributed by atoms with Crippen molar-refractivity contribution >= 4 is 5.96 Å². The first kappa shape index (κ1) is 18.9. The summed E-state index contributed by atoms with van der Waals surface area (Å²) in [5.74, 6) is 3.01. The maximum Gasteiger partial charge on any atom is 0.191 e. The van der Waals surface area contributed by atoms with Crippen molar-refractivity contribution in [2.45, 2.75) is 32.8 Å². The van der Waals surface area contributed by atoms with E-state index < -0.39 is 5.60 Å². The number of nitrogens with zero attached hydrogens (tertiary/aromatic N) is 1. The quantitative estimate of drug-likeness (QED) is 0.389. The van der Waals surface area contributed by atoms with Crippen LogP contribution in [-0.4, -0.2) is 30.7 Å². The minimum absolute atomic E-state index is 0.208. The lowest BCUT2D eigenvalue weighted by molar-refractivity contribution is 0.0657. The van der Waals surface area contributed by atoms with Crippen LogP contribution in [0.5, 0.6) is 0 Å². The van der Waals surface area contributed by atoms with Crippen LogP contribution in [0.4, 0.5) is 0 Å². The van der Waals surface area contributed by atoms with E-state index in [1.165, 1.54) is 0 Å². The Bertz CT molecular complexity index is 700. The smallest absolute Gasteiger partial charge is 0.191 e. The Balaban J connectivity index is 1.99. The van der Waals surface area contributed by atoms with Gasteiger partial charge in [-0.15, -0.1) is 6.58 Å². The fourth-order valence-corrected chi connectivity index (χ4v) is 2.59. The predicted molar refractivity (Wildman–Crippen MR) is 98.7 cm³/mol. The molecule has 2 aromatic heterocycles. The van der Waals surface area contributed by atoms with Gasteiger partial charge >= 0.3 is 0 Å². The molecule has 3 N–H and O–H groups in total. The SMILES string of the molecule is C=CCNC(=NCC(C)(O)c1cc(C)oc1C)NCCc1ccco1. The number of rotatable bonds is 8. The Labute approximate surface area is 148 Å². The molecule has 6 heteroatoms. The van der Waals surface area contributed by atoms with Crippen LogP contribution in [0.25, 0.3) is 0 Å². The number of aliphatic imine (C=N–C) groups is 1. The molecule has 25 heavy (non-hydrogen) atoms. The monoisotopic (exact) mass is 345 g/mol. The van der Waals surface area contributed by atoms with Gasteiger partial charge in [0.25, 0.3) is 0 Å². The molecule has 2 rings (SSSR count). The zero-order valence-electron chi connectivity index (χ0n) is 15.1. The third kappa shape index (κ3) is 5.53. The van der Waals surface area contributed by atoms with Crippen molar-refractivity contribution in [3.05, 3.63) is 60.0 Å². The van der Waals surface area contributed by atoms with Crippen LogP contribution < -0.4 is 10.6 Å². The molecule has 0 aliphatic carbocycles. The van der Waals surface area contributed by atoms with Gasteiger partial charge in [-0.1, -0.05) is 6.08 Å². The molecule has 0 amide bonds. The summed E-state index contributed by atoms with van der Waals surface area (Å²) in [6.07, 6.45) is 4.16. The molecule has 2 heterocycles. The van der Waals surface area contributed by atoms with Gasteiger partial charge in [-0.05, 0) is 39.0 Å². The van der Waals surface area contributed by atoms with E-state index in [9.17, 15) is 5.11 Å². The van der Waals surface area contributed by atoms with Crippen molar-refractivity contribution in [1.29, 1.82) is 0 Å². The Morgan fingerprint density at radius 3 is 2.80 bits per heavy atom. The van der Waals surface area contributed by atoms with Crippen molar-refractivity contribution in [2.75, 3.05) is 19.6 Å². The van der Waals surface area contributed by atoms with E-state index in [1.54, 1.807) is 19.3 Å². The summed E-state index contributed by atoms with van der Waals surface area (Å²) in [6, 6.07) is 5.66. The van der Waals surface area contributed by atoms with Gasteiger partial charge in [-0.25, -0.2) is 4.99 Å². The van der Waals surface area contributed by atoms with Crippen molar-refractivity contribution < 1.29 is 13.9 Å². The lowest BCUT2D eigenvalue weighted by Crippen LogP contribution is -2.40. The molecule has 2 aromatic rings. The molecule has 136 valence electrons. The van der Waals surface area contributed by atoms with Crippen molar-refractivity contribution in [1.82, 2.24) is 10.6 Å². The summed E-state index contributed by atoms with van der Waals surface area (Å²) in [7, 11) is 0. The molecule has 0 spiro atoms. The Morgan fingerprint density at radius 1 is 1.40 bits per heavy atom. The highest BCUT2D eigenvalue weighted by Gasteiger charge is 2.27. The molecular weight excluding hydrogens is 318 g/mol. The lowest BCUT2D eigenvalue weighted by Gasteiger charge is -2.21. The number of nitrogens with one attached hydrogen (secondary N) is 2. The summed E-state index contributed by atoms with van der Waals surface area (Å²) in [5.41, 5.74) is -0.349. The zero-order chi connectivity index (χ0) is 18.3. The summed E-state index contributed by atoms with van der Waals surface area (Å²) in [5, 5.41) is 17.2. The molecule has 0 fully saturated rings. The summed E-state index contributed by atoms with van der Waals surface area (Å²) >= 11 is 0. The van der Waals surface area contributed by atoms with Crippen LogP contribution in [0.2, 0.25) is 0 Å². The second-order valence-corrected chi connectivity index (χ2v) is 6.19. The van der Waals surface area contributed by atoms with Crippen LogP contribution in [0.1, 0.15) is 29.8 Å².